The summed E-state index contributed by atoms with van der Waals surface area (Å²) in [5.74, 6) is 0.687. The summed E-state index contributed by atoms with van der Waals surface area (Å²) in [5.41, 5.74) is 0. The van der Waals surface area contributed by atoms with Crippen molar-refractivity contribution in [2.75, 3.05) is 26.1 Å². The predicted molar refractivity (Wildman–Crippen MR) is 88.4 cm³/mol. The molecule has 23 heavy (non-hydrogen) atoms. The lowest BCUT2D eigenvalue weighted by atomic mass is 10.4. The van der Waals surface area contributed by atoms with Gasteiger partial charge in [0.25, 0.3) is 0 Å². The molecular weight excluding hydrogens is 338 g/mol. The van der Waals surface area contributed by atoms with Gasteiger partial charge in [0, 0.05) is 19.0 Å². The SMILES string of the molecule is CCc1ccc(S(=O)(=O)NCc2nc(OC)nc(N(C)C)n2)s1. The zero-order valence-corrected chi connectivity index (χ0v) is 15.0. The second-order valence-corrected chi connectivity index (χ2v) is 7.99. The molecule has 0 aliphatic carbocycles. The smallest absolute Gasteiger partial charge is 0.321 e. The minimum Gasteiger partial charge on any atom is -0.467 e. The van der Waals surface area contributed by atoms with Crippen molar-refractivity contribution in [2.24, 2.45) is 0 Å². The molecule has 0 aliphatic heterocycles. The maximum atomic E-state index is 12.3. The first-order valence-electron chi connectivity index (χ1n) is 6.90. The van der Waals surface area contributed by atoms with Crippen LogP contribution in [0.4, 0.5) is 5.95 Å². The summed E-state index contributed by atoms with van der Waals surface area (Å²) >= 11 is 1.25. The van der Waals surface area contributed by atoms with Crippen LogP contribution in [0.5, 0.6) is 6.01 Å². The maximum absolute atomic E-state index is 12.3. The van der Waals surface area contributed by atoms with E-state index in [9.17, 15) is 8.42 Å². The topological polar surface area (TPSA) is 97.3 Å². The largest absolute Gasteiger partial charge is 0.467 e. The predicted octanol–water partition coefficient (Wildman–Crippen LogP) is 1.05. The van der Waals surface area contributed by atoms with Gasteiger partial charge in [-0.3, -0.25) is 0 Å². The van der Waals surface area contributed by atoms with Crippen LogP contribution in [-0.2, 0) is 23.0 Å². The number of nitrogens with zero attached hydrogens (tertiary/aromatic N) is 4. The van der Waals surface area contributed by atoms with Crippen LogP contribution < -0.4 is 14.4 Å². The average Bonchev–Trinajstić information content (AvgIpc) is 3.02. The fourth-order valence-corrected chi connectivity index (χ4v) is 4.00. The standard InChI is InChI=1S/C13H19N5O3S2/c1-5-9-6-7-11(22-9)23(19,20)14-8-10-15-12(18(2)3)17-13(16-10)21-4/h6-7,14H,5,8H2,1-4H3. The molecule has 0 atom stereocenters. The Bertz CT molecular complexity index is 774. The van der Waals surface area contributed by atoms with E-state index in [1.54, 1.807) is 25.1 Å². The molecule has 126 valence electrons. The van der Waals surface area contributed by atoms with E-state index < -0.39 is 10.0 Å². The molecule has 1 N–H and O–H groups in total. The molecule has 0 aliphatic rings. The molecule has 2 heterocycles. The molecule has 2 aromatic heterocycles. The molecular formula is C13H19N5O3S2. The summed E-state index contributed by atoms with van der Waals surface area (Å²) in [5, 5.41) is 0. The lowest BCUT2D eigenvalue weighted by Gasteiger charge is -2.12. The number of hydrogen-bond acceptors (Lipinski definition) is 8. The minimum atomic E-state index is -3.59. The fraction of sp³-hybridized carbons (Fsp3) is 0.462. The van der Waals surface area contributed by atoms with Crippen LogP contribution in [0.2, 0.25) is 0 Å². The molecule has 0 saturated heterocycles. The number of methoxy groups -OCH3 is 1. The van der Waals surface area contributed by atoms with Crippen LogP contribution in [0, 0.1) is 0 Å². The molecule has 0 bridgehead atoms. The van der Waals surface area contributed by atoms with E-state index in [0.717, 1.165) is 11.3 Å². The van der Waals surface area contributed by atoms with Crippen molar-refractivity contribution in [1.29, 1.82) is 0 Å². The Labute approximate surface area is 139 Å². The van der Waals surface area contributed by atoms with Crippen molar-refractivity contribution in [1.82, 2.24) is 19.7 Å². The molecule has 0 unspecified atom stereocenters. The number of aromatic nitrogens is 3. The highest BCUT2D eigenvalue weighted by Gasteiger charge is 2.18. The third-order valence-corrected chi connectivity index (χ3v) is 6.03. The minimum absolute atomic E-state index is 0.0403. The zero-order chi connectivity index (χ0) is 17.0. The number of nitrogens with one attached hydrogen (secondary N) is 1. The number of anilines is 1. The van der Waals surface area contributed by atoms with Crippen molar-refractivity contribution in [3.8, 4) is 6.01 Å². The second-order valence-electron chi connectivity index (χ2n) is 4.83. The Kier molecular flexibility index (Phi) is 5.50. The molecule has 0 fully saturated rings. The molecule has 0 amide bonds. The van der Waals surface area contributed by atoms with E-state index in [0.29, 0.717) is 5.95 Å². The first-order valence-corrected chi connectivity index (χ1v) is 9.20. The highest BCUT2D eigenvalue weighted by atomic mass is 32.2. The zero-order valence-electron chi connectivity index (χ0n) is 13.4. The Morgan fingerprint density at radius 2 is 2.00 bits per heavy atom. The summed E-state index contributed by atoms with van der Waals surface area (Å²) in [6, 6.07) is 3.56. The number of thiophene rings is 1. The van der Waals surface area contributed by atoms with Gasteiger partial charge in [-0.05, 0) is 18.6 Å². The third-order valence-electron chi connectivity index (χ3n) is 2.90. The Hall–Kier alpha value is -1.78. The number of aryl methyl sites for hydroxylation is 1. The molecule has 0 spiro atoms. The summed E-state index contributed by atoms with van der Waals surface area (Å²) in [4.78, 5) is 15.0. The van der Waals surface area contributed by atoms with Crippen LogP contribution in [-0.4, -0.2) is 44.6 Å². The average molecular weight is 357 g/mol. The molecule has 0 saturated carbocycles. The molecule has 8 nitrogen and oxygen atoms in total. The fourth-order valence-electron chi connectivity index (χ4n) is 1.68. The Morgan fingerprint density at radius 3 is 2.57 bits per heavy atom. The summed E-state index contributed by atoms with van der Waals surface area (Å²) in [7, 11) is 1.42. The van der Waals surface area contributed by atoms with Crippen LogP contribution >= 0.6 is 11.3 Å². The Morgan fingerprint density at radius 1 is 1.26 bits per heavy atom. The van der Waals surface area contributed by atoms with Gasteiger partial charge in [0.2, 0.25) is 16.0 Å². The van der Waals surface area contributed by atoms with Crippen molar-refractivity contribution >= 4 is 27.3 Å². The van der Waals surface area contributed by atoms with Gasteiger partial charge in [0.1, 0.15) is 4.21 Å². The lowest BCUT2D eigenvalue weighted by Crippen LogP contribution is -2.24. The van der Waals surface area contributed by atoms with E-state index in [-0.39, 0.29) is 22.6 Å². The number of rotatable bonds is 7. The van der Waals surface area contributed by atoms with Crippen molar-refractivity contribution < 1.29 is 13.2 Å². The molecule has 10 heteroatoms. The monoisotopic (exact) mass is 357 g/mol. The van der Waals surface area contributed by atoms with E-state index >= 15 is 0 Å². The van der Waals surface area contributed by atoms with Gasteiger partial charge in [-0.25, -0.2) is 13.1 Å². The second kappa shape index (κ2) is 7.20. The van der Waals surface area contributed by atoms with Crippen LogP contribution in [0.3, 0.4) is 0 Å². The quantitative estimate of drug-likeness (QED) is 0.791. The highest BCUT2D eigenvalue weighted by molar-refractivity contribution is 7.91. The highest BCUT2D eigenvalue weighted by Crippen LogP contribution is 2.22. The van der Waals surface area contributed by atoms with Crippen molar-refractivity contribution in [3.05, 3.63) is 22.8 Å². The van der Waals surface area contributed by atoms with Gasteiger partial charge >= 0.3 is 6.01 Å². The normalized spacial score (nSPS) is 11.5. The summed E-state index contributed by atoms with van der Waals surface area (Å²) in [6.45, 7) is 1.94. The molecule has 0 aromatic carbocycles. The Balaban J connectivity index is 2.17. The number of hydrogen-bond donors (Lipinski definition) is 1. The van der Waals surface area contributed by atoms with E-state index in [4.69, 9.17) is 4.74 Å². The van der Waals surface area contributed by atoms with Crippen molar-refractivity contribution in [3.63, 3.8) is 0 Å². The van der Waals surface area contributed by atoms with Crippen LogP contribution in [0.25, 0.3) is 0 Å². The van der Waals surface area contributed by atoms with Crippen LogP contribution in [0.1, 0.15) is 17.6 Å². The van der Waals surface area contributed by atoms with Gasteiger partial charge in [0.15, 0.2) is 5.82 Å². The van der Waals surface area contributed by atoms with Crippen molar-refractivity contribution in [2.45, 2.75) is 24.1 Å². The summed E-state index contributed by atoms with van der Waals surface area (Å²) < 4.78 is 32.4. The summed E-state index contributed by atoms with van der Waals surface area (Å²) in [6.07, 6.45) is 0.803. The molecule has 2 rings (SSSR count). The lowest BCUT2D eigenvalue weighted by molar-refractivity contribution is 0.375. The first-order chi connectivity index (χ1) is 10.9. The maximum Gasteiger partial charge on any atom is 0.321 e. The van der Waals surface area contributed by atoms with Crippen LogP contribution in [0.15, 0.2) is 16.3 Å². The van der Waals surface area contributed by atoms with Gasteiger partial charge in [-0.1, -0.05) is 6.92 Å². The van der Waals surface area contributed by atoms with Gasteiger partial charge in [-0.2, -0.15) is 15.0 Å². The number of sulfonamides is 1. The molecule has 0 radical (unpaired) electrons. The van der Waals surface area contributed by atoms with E-state index in [1.807, 2.05) is 13.0 Å². The van der Waals surface area contributed by atoms with E-state index in [1.165, 1.54) is 18.4 Å². The van der Waals surface area contributed by atoms with Gasteiger partial charge in [0.05, 0.1) is 13.7 Å². The number of ether oxygens (including phenoxy) is 1. The van der Waals surface area contributed by atoms with E-state index in [2.05, 4.69) is 19.7 Å². The van der Waals surface area contributed by atoms with Gasteiger partial charge in [-0.15, -0.1) is 11.3 Å². The molecule has 2 aromatic rings. The first kappa shape index (κ1) is 17.6. The third kappa shape index (κ3) is 4.36. The van der Waals surface area contributed by atoms with Gasteiger partial charge < -0.3 is 9.64 Å².